The summed E-state index contributed by atoms with van der Waals surface area (Å²) in [6.07, 6.45) is 1.53. The molecule has 92 valence electrons. The molecule has 1 amide bonds. The Morgan fingerprint density at radius 3 is 3.18 bits per heavy atom. The summed E-state index contributed by atoms with van der Waals surface area (Å²) in [4.78, 5) is 11.7. The van der Waals surface area contributed by atoms with Crippen LogP contribution in [-0.2, 0) is 16.1 Å². The molecule has 1 aliphatic heterocycles. The minimum atomic E-state index is -0.263. The van der Waals surface area contributed by atoms with Crippen LogP contribution in [-0.4, -0.2) is 25.7 Å². The summed E-state index contributed by atoms with van der Waals surface area (Å²) in [6, 6.07) is 7.66. The highest BCUT2D eigenvalue weighted by Crippen LogP contribution is 2.14. The van der Waals surface area contributed by atoms with Crippen molar-refractivity contribution < 1.29 is 14.3 Å². The first-order valence-electron chi connectivity index (χ1n) is 5.82. The van der Waals surface area contributed by atoms with Crippen LogP contribution in [0.5, 0.6) is 5.75 Å². The molecule has 4 nitrogen and oxygen atoms in total. The fourth-order valence-electron chi connectivity index (χ4n) is 1.87. The molecular formula is C13H17NO3. The highest BCUT2D eigenvalue weighted by Gasteiger charge is 2.22. The van der Waals surface area contributed by atoms with Crippen molar-refractivity contribution in [2.24, 2.45) is 0 Å². The minimum absolute atomic E-state index is 0.0229. The zero-order valence-electron chi connectivity index (χ0n) is 9.94. The van der Waals surface area contributed by atoms with Crippen LogP contribution in [0.1, 0.15) is 18.4 Å². The molecule has 4 heteroatoms. The lowest BCUT2D eigenvalue weighted by molar-refractivity contribution is -0.130. The van der Waals surface area contributed by atoms with Crippen molar-refractivity contribution in [3.8, 4) is 5.75 Å². The first-order valence-corrected chi connectivity index (χ1v) is 5.82. The van der Waals surface area contributed by atoms with E-state index in [0.29, 0.717) is 13.2 Å². The van der Waals surface area contributed by atoms with E-state index < -0.39 is 0 Å². The fourth-order valence-corrected chi connectivity index (χ4v) is 1.87. The Morgan fingerprint density at radius 2 is 2.47 bits per heavy atom. The van der Waals surface area contributed by atoms with E-state index in [9.17, 15) is 4.79 Å². The van der Waals surface area contributed by atoms with Gasteiger partial charge in [0, 0.05) is 13.2 Å². The van der Waals surface area contributed by atoms with Crippen LogP contribution in [0, 0.1) is 0 Å². The summed E-state index contributed by atoms with van der Waals surface area (Å²) in [5.74, 6) is 0.777. The number of benzene rings is 1. The van der Waals surface area contributed by atoms with Gasteiger partial charge in [-0.2, -0.15) is 0 Å². The molecule has 0 aromatic heterocycles. The molecular weight excluding hydrogens is 218 g/mol. The van der Waals surface area contributed by atoms with Crippen molar-refractivity contribution in [1.29, 1.82) is 0 Å². The molecule has 0 saturated carbocycles. The Balaban J connectivity index is 1.86. The van der Waals surface area contributed by atoms with Crippen LogP contribution < -0.4 is 10.1 Å². The summed E-state index contributed by atoms with van der Waals surface area (Å²) in [6.45, 7) is 1.20. The SMILES string of the molecule is COc1cccc(CNC(=O)C2CCCO2)c1. The molecule has 1 aromatic carbocycles. The van der Waals surface area contributed by atoms with E-state index in [2.05, 4.69) is 5.32 Å². The Labute approximate surface area is 101 Å². The van der Waals surface area contributed by atoms with E-state index in [0.717, 1.165) is 24.2 Å². The quantitative estimate of drug-likeness (QED) is 0.860. The molecule has 0 radical (unpaired) electrons. The van der Waals surface area contributed by atoms with E-state index in [1.807, 2.05) is 24.3 Å². The van der Waals surface area contributed by atoms with Gasteiger partial charge in [0.1, 0.15) is 11.9 Å². The summed E-state index contributed by atoms with van der Waals surface area (Å²) < 4.78 is 10.4. The highest BCUT2D eigenvalue weighted by molar-refractivity contribution is 5.80. The third-order valence-electron chi connectivity index (χ3n) is 2.82. The second-order valence-electron chi connectivity index (χ2n) is 4.07. The number of carbonyl (C=O) groups excluding carboxylic acids is 1. The molecule has 1 saturated heterocycles. The van der Waals surface area contributed by atoms with E-state index in [1.165, 1.54) is 0 Å². The maximum atomic E-state index is 11.7. The number of nitrogens with one attached hydrogen (secondary N) is 1. The molecule has 1 fully saturated rings. The molecule has 1 unspecified atom stereocenters. The molecule has 1 aromatic rings. The molecule has 0 aliphatic carbocycles. The van der Waals surface area contributed by atoms with Crippen LogP contribution >= 0.6 is 0 Å². The summed E-state index contributed by atoms with van der Waals surface area (Å²) in [5, 5.41) is 2.87. The number of carbonyl (C=O) groups is 1. The topological polar surface area (TPSA) is 47.6 Å². The van der Waals surface area contributed by atoms with Crippen LogP contribution in [0.4, 0.5) is 0 Å². The lowest BCUT2D eigenvalue weighted by atomic mass is 10.2. The third-order valence-corrected chi connectivity index (χ3v) is 2.82. The van der Waals surface area contributed by atoms with Gasteiger partial charge in [0.25, 0.3) is 0 Å². The summed E-state index contributed by atoms with van der Waals surface area (Å²) in [5.41, 5.74) is 1.02. The van der Waals surface area contributed by atoms with E-state index in [4.69, 9.17) is 9.47 Å². The van der Waals surface area contributed by atoms with Crippen molar-refractivity contribution >= 4 is 5.91 Å². The monoisotopic (exact) mass is 235 g/mol. The van der Waals surface area contributed by atoms with Crippen LogP contribution in [0.2, 0.25) is 0 Å². The lowest BCUT2D eigenvalue weighted by Gasteiger charge is -2.10. The van der Waals surface area contributed by atoms with Crippen molar-refractivity contribution in [3.05, 3.63) is 29.8 Å². The average molecular weight is 235 g/mol. The van der Waals surface area contributed by atoms with E-state index >= 15 is 0 Å². The van der Waals surface area contributed by atoms with Gasteiger partial charge >= 0.3 is 0 Å². The van der Waals surface area contributed by atoms with Gasteiger partial charge in [-0.15, -0.1) is 0 Å². The first kappa shape index (κ1) is 11.9. The van der Waals surface area contributed by atoms with Crippen LogP contribution in [0.15, 0.2) is 24.3 Å². The molecule has 1 atom stereocenters. The second kappa shape index (κ2) is 5.68. The number of methoxy groups -OCH3 is 1. The van der Waals surface area contributed by atoms with Crippen molar-refractivity contribution in [3.63, 3.8) is 0 Å². The van der Waals surface area contributed by atoms with Crippen molar-refractivity contribution in [2.45, 2.75) is 25.5 Å². The molecule has 17 heavy (non-hydrogen) atoms. The maximum Gasteiger partial charge on any atom is 0.249 e. The van der Waals surface area contributed by atoms with E-state index in [1.54, 1.807) is 7.11 Å². The van der Waals surface area contributed by atoms with Gasteiger partial charge in [-0.1, -0.05) is 12.1 Å². The van der Waals surface area contributed by atoms with Gasteiger partial charge < -0.3 is 14.8 Å². The van der Waals surface area contributed by atoms with Crippen LogP contribution in [0.25, 0.3) is 0 Å². The number of amides is 1. The normalized spacial score (nSPS) is 19.0. The second-order valence-corrected chi connectivity index (χ2v) is 4.07. The van der Waals surface area contributed by atoms with Gasteiger partial charge in [-0.05, 0) is 30.5 Å². The standard InChI is InChI=1S/C13H17NO3/c1-16-11-5-2-4-10(8-11)9-14-13(15)12-6-3-7-17-12/h2,4-5,8,12H,3,6-7,9H2,1H3,(H,14,15). The number of hydrogen-bond donors (Lipinski definition) is 1. The zero-order chi connectivity index (χ0) is 12.1. The Kier molecular flexibility index (Phi) is 3.98. The zero-order valence-corrected chi connectivity index (χ0v) is 9.94. The highest BCUT2D eigenvalue weighted by atomic mass is 16.5. The van der Waals surface area contributed by atoms with Gasteiger partial charge in [-0.25, -0.2) is 0 Å². The molecule has 2 rings (SSSR count). The Bertz CT molecular complexity index is 386. The molecule has 0 bridgehead atoms. The van der Waals surface area contributed by atoms with Gasteiger partial charge in [-0.3, -0.25) is 4.79 Å². The first-order chi connectivity index (χ1) is 8.29. The largest absolute Gasteiger partial charge is 0.497 e. The lowest BCUT2D eigenvalue weighted by Crippen LogP contribution is -2.33. The summed E-state index contributed by atoms with van der Waals surface area (Å²) >= 11 is 0. The number of hydrogen-bond acceptors (Lipinski definition) is 3. The van der Waals surface area contributed by atoms with Gasteiger partial charge in [0.05, 0.1) is 7.11 Å². The Morgan fingerprint density at radius 1 is 1.59 bits per heavy atom. The number of ether oxygens (including phenoxy) is 2. The Hall–Kier alpha value is -1.55. The maximum absolute atomic E-state index is 11.7. The van der Waals surface area contributed by atoms with Gasteiger partial charge in [0.15, 0.2) is 0 Å². The minimum Gasteiger partial charge on any atom is -0.497 e. The van der Waals surface area contributed by atoms with Gasteiger partial charge in [0.2, 0.25) is 5.91 Å². The summed E-state index contributed by atoms with van der Waals surface area (Å²) in [7, 11) is 1.63. The van der Waals surface area contributed by atoms with Crippen molar-refractivity contribution in [2.75, 3.05) is 13.7 Å². The molecule has 1 aliphatic rings. The molecule has 1 heterocycles. The predicted octanol–water partition coefficient (Wildman–Crippen LogP) is 1.49. The smallest absolute Gasteiger partial charge is 0.249 e. The van der Waals surface area contributed by atoms with Crippen molar-refractivity contribution in [1.82, 2.24) is 5.32 Å². The van der Waals surface area contributed by atoms with E-state index in [-0.39, 0.29) is 12.0 Å². The third kappa shape index (κ3) is 3.20. The predicted molar refractivity (Wildman–Crippen MR) is 63.8 cm³/mol. The molecule has 0 spiro atoms. The fraction of sp³-hybridized carbons (Fsp3) is 0.462. The average Bonchev–Trinajstić information content (AvgIpc) is 2.90. The van der Waals surface area contributed by atoms with Crippen LogP contribution in [0.3, 0.4) is 0 Å². The molecule has 1 N–H and O–H groups in total. The number of rotatable bonds is 4.